The first kappa shape index (κ1) is 13.9. The highest BCUT2D eigenvalue weighted by atomic mass is 16.5. The Hall–Kier alpha value is -1.14. The van der Waals surface area contributed by atoms with Crippen LogP contribution in [0.3, 0.4) is 0 Å². The lowest BCUT2D eigenvalue weighted by Crippen LogP contribution is -2.47. The van der Waals surface area contributed by atoms with Gasteiger partial charge in [-0.15, -0.1) is 0 Å². The largest absolute Gasteiger partial charge is 0.381 e. The smallest absolute Gasteiger partial charge is 0.309 e. The number of amides is 2. The van der Waals surface area contributed by atoms with E-state index < -0.39 is 11.8 Å². The van der Waals surface area contributed by atoms with Crippen LogP contribution in [-0.2, 0) is 14.3 Å². The van der Waals surface area contributed by atoms with Crippen molar-refractivity contribution in [2.45, 2.75) is 25.8 Å². The first-order chi connectivity index (χ1) is 8.15. The van der Waals surface area contributed by atoms with Crippen LogP contribution in [0.2, 0.25) is 0 Å². The summed E-state index contributed by atoms with van der Waals surface area (Å²) in [6.07, 6.45) is 1.84. The molecule has 4 N–H and O–H groups in total. The Morgan fingerprint density at radius 3 is 2.59 bits per heavy atom. The maximum absolute atomic E-state index is 11.5. The fourth-order valence-electron chi connectivity index (χ4n) is 1.87. The van der Waals surface area contributed by atoms with Gasteiger partial charge in [0.2, 0.25) is 0 Å². The van der Waals surface area contributed by atoms with Gasteiger partial charge in [0.05, 0.1) is 0 Å². The lowest BCUT2D eigenvalue weighted by Gasteiger charge is -2.28. The number of ether oxygens (including phenoxy) is 1. The zero-order valence-electron chi connectivity index (χ0n) is 10.2. The number of hydrogen-bond acceptors (Lipinski definition) is 4. The topological polar surface area (TPSA) is 93.5 Å². The van der Waals surface area contributed by atoms with Crippen molar-refractivity contribution in [1.29, 1.82) is 0 Å². The number of nitrogens with one attached hydrogen (secondary N) is 2. The van der Waals surface area contributed by atoms with Crippen LogP contribution < -0.4 is 16.4 Å². The lowest BCUT2D eigenvalue weighted by molar-refractivity contribution is -0.139. The highest BCUT2D eigenvalue weighted by Gasteiger charge is 2.23. The summed E-state index contributed by atoms with van der Waals surface area (Å²) in [7, 11) is 0. The molecule has 1 aliphatic rings. The fourth-order valence-corrected chi connectivity index (χ4v) is 1.87. The molecule has 6 heteroatoms. The van der Waals surface area contributed by atoms with Crippen LogP contribution in [-0.4, -0.2) is 44.2 Å². The second kappa shape index (κ2) is 7.24. The van der Waals surface area contributed by atoms with E-state index in [4.69, 9.17) is 10.5 Å². The van der Waals surface area contributed by atoms with Gasteiger partial charge < -0.3 is 21.1 Å². The van der Waals surface area contributed by atoms with Crippen molar-refractivity contribution in [3.63, 3.8) is 0 Å². The normalized spacial score (nSPS) is 18.5. The Morgan fingerprint density at radius 1 is 1.35 bits per heavy atom. The van der Waals surface area contributed by atoms with Crippen LogP contribution in [0.25, 0.3) is 0 Å². The van der Waals surface area contributed by atoms with Gasteiger partial charge >= 0.3 is 11.8 Å². The second-order valence-corrected chi connectivity index (χ2v) is 4.26. The molecule has 6 nitrogen and oxygen atoms in total. The minimum Gasteiger partial charge on any atom is -0.381 e. The van der Waals surface area contributed by atoms with Gasteiger partial charge in [-0.05, 0) is 25.7 Å². The number of nitrogens with two attached hydrogens (primary N) is 1. The zero-order chi connectivity index (χ0) is 12.7. The molecule has 0 aromatic carbocycles. The second-order valence-electron chi connectivity index (χ2n) is 4.26. The van der Waals surface area contributed by atoms with Crippen molar-refractivity contribution < 1.29 is 14.3 Å². The third-order valence-corrected chi connectivity index (χ3v) is 2.97. The SMILES string of the molecule is CC(NC(=O)C(=O)NCCN)C1CCOCC1. The first-order valence-electron chi connectivity index (χ1n) is 6.01. The van der Waals surface area contributed by atoms with Crippen molar-refractivity contribution in [3.8, 4) is 0 Å². The maximum atomic E-state index is 11.5. The molecule has 1 rings (SSSR count). The highest BCUT2D eigenvalue weighted by Crippen LogP contribution is 2.18. The minimum atomic E-state index is -0.616. The van der Waals surface area contributed by atoms with E-state index in [0.717, 1.165) is 26.1 Å². The van der Waals surface area contributed by atoms with E-state index in [2.05, 4.69) is 10.6 Å². The summed E-state index contributed by atoms with van der Waals surface area (Å²) in [5.41, 5.74) is 5.23. The molecule has 1 unspecified atom stereocenters. The highest BCUT2D eigenvalue weighted by molar-refractivity contribution is 6.35. The minimum absolute atomic E-state index is 0.00461. The molecule has 0 aromatic heterocycles. The summed E-state index contributed by atoms with van der Waals surface area (Å²) in [6, 6.07) is -0.00461. The van der Waals surface area contributed by atoms with E-state index >= 15 is 0 Å². The summed E-state index contributed by atoms with van der Waals surface area (Å²) in [5, 5.41) is 5.15. The molecule has 0 radical (unpaired) electrons. The Labute approximate surface area is 101 Å². The molecule has 1 heterocycles. The van der Waals surface area contributed by atoms with Crippen LogP contribution in [0.5, 0.6) is 0 Å². The molecule has 0 bridgehead atoms. The van der Waals surface area contributed by atoms with Crippen molar-refractivity contribution in [2.75, 3.05) is 26.3 Å². The maximum Gasteiger partial charge on any atom is 0.309 e. The molecule has 1 saturated heterocycles. The van der Waals surface area contributed by atoms with Crippen molar-refractivity contribution in [1.82, 2.24) is 10.6 Å². The third-order valence-electron chi connectivity index (χ3n) is 2.97. The van der Waals surface area contributed by atoms with Crippen LogP contribution in [0.1, 0.15) is 19.8 Å². The van der Waals surface area contributed by atoms with Crippen LogP contribution >= 0.6 is 0 Å². The average molecular weight is 243 g/mol. The number of carbonyl (C=O) groups excluding carboxylic acids is 2. The lowest BCUT2D eigenvalue weighted by atomic mass is 9.93. The van der Waals surface area contributed by atoms with Crippen molar-refractivity contribution >= 4 is 11.8 Å². The Kier molecular flexibility index (Phi) is 5.93. The summed E-state index contributed by atoms with van der Waals surface area (Å²) in [6.45, 7) is 4.02. The fraction of sp³-hybridized carbons (Fsp3) is 0.818. The summed E-state index contributed by atoms with van der Waals surface area (Å²) in [4.78, 5) is 22.8. The summed E-state index contributed by atoms with van der Waals surface area (Å²) in [5.74, 6) is -0.818. The molecule has 0 spiro atoms. The molecule has 2 amide bonds. The number of carbonyl (C=O) groups is 2. The van der Waals surface area contributed by atoms with E-state index in [-0.39, 0.29) is 6.04 Å². The Bertz CT molecular complexity index is 265. The summed E-state index contributed by atoms with van der Waals surface area (Å²) < 4.78 is 5.25. The molecule has 0 aliphatic carbocycles. The standard InChI is InChI=1S/C11H21N3O3/c1-8(9-2-6-17-7-3-9)14-11(16)10(15)13-5-4-12/h8-9H,2-7,12H2,1H3,(H,13,15)(H,14,16). The van der Waals surface area contributed by atoms with Gasteiger partial charge in [0.1, 0.15) is 0 Å². The molecule has 1 aliphatic heterocycles. The Balaban J connectivity index is 2.31. The van der Waals surface area contributed by atoms with E-state index in [9.17, 15) is 9.59 Å². The zero-order valence-corrected chi connectivity index (χ0v) is 10.2. The third kappa shape index (κ3) is 4.70. The van der Waals surface area contributed by atoms with Gasteiger partial charge in [-0.3, -0.25) is 9.59 Å². The monoisotopic (exact) mass is 243 g/mol. The van der Waals surface area contributed by atoms with Gasteiger partial charge in [-0.25, -0.2) is 0 Å². The molecule has 17 heavy (non-hydrogen) atoms. The number of rotatable bonds is 4. The van der Waals surface area contributed by atoms with Gasteiger partial charge in [0.25, 0.3) is 0 Å². The molecule has 1 atom stereocenters. The molecule has 0 saturated carbocycles. The first-order valence-corrected chi connectivity index (χ1v) is 6.01. The predicted molar refractivity (Wildman–Crippen MR) is 63.2 cm³/mol. The van der Waals surface area contributed by atoms with Gasteiger partial charge in [-0.1, -0.05) is 0 Å². The predicted octanol–water partition coefficient (Wildman–Crippen LogP) is -1.01. The van der Waals surface area contributed by atoms with Gasteiger partial charge in [-0.2, -0.15) is 0 Å². The molecule has 0 aromatic rings. The average Bonchev–Trinajstić information content (AvgIpc) is 2.36. The van der Waals surface area contributed by atoms with Gasteiger partial charge in [0, 0.05) is 32.3 Å². The van der Waals surface area contributed by atoms with Crippen LogP contribution in [0.15, 0.2) is 0 Å². The van der Waals surface area contributed by atoms with Crippen LogP contribution in [0, 0.1) is 5.92 Å². The summed E-state index contributed by atoms with van der Waals surface area (Å²) >= 11 is 0. The van der Waals surface area contributed by atoms with Crippen LogP contribution in [0.4, 0.5) is 0 Å². The number of hydrogen-bond donors (Lipinski definition) is 3. The van der Waals surface area contributed by atoms with Gasteiger partial charge in [0.15, 0.2) is 0 Å². The quantitative estimate of drug-likeness (QED) is 0.552. The van der Waals surface area contributed by atoms with Crippen molar-refractivity contribution in [2.24, 2.45) is 11.7 Å². The molecular weight excluding hydrogens is 222 g/mol. The molecule has 1 fully saturated rings. The van der Waals surface area contributed by atoms with E-state index in [0.29, 0.717) is 19.0 Å². The van der Waals surface area contributed by atoms with E-state index in [1.165, 1.54) is 0 Å². The Morgan fingerprint density at radius 2 is 2.00 bits per heavy atom. The van der Waals surface area contributed by atoms with E-state index in [1.807, 2.05) is 6.92 Å². The van der Waals surface area contributed by atoms with E-state index in [1.54, 1.807) is 0 Å². The van der Waals surface area contributed by atoms with Crippen molar-refractivity contribution in [3.05, 3.63) is 0 Å². The molecular formula is C11H21N3O3. The molecule has 98 valence electrons.